The molecule has 0 spiro atoms. The minimum atomic E-state index is -1.33. The molecule has 0 radical (unpaired) electrons. The van der Waals surface area contributed by atoms with Gasteiger partial charge in [0, 0.05) is 11.8 Å². The van der Waals surface area contributed by atoms with Crippen LogP contribution >= 0.6 is 0 Å². The third kappa shape index (κ3) is 4.29. The van der Waals surface area contributed by atoms with Gasteiger partial charge in [0.1, 0.15) is 0 Å². The maximum atomic E-state index is 4.77. The first-order chi connectivity index (χ1) is 10.4. The van der Waals surface area contributed by atoms with E-state index in [1.54, 1.807) is 0 Å². The monoisotopic (exact) mass is 311 g/mol. The van der Waals surface area contributed by atoms with Gasteiger partial charge in [-0.25, -0.2) is 0 Å². The first-order valence-corrected chi connectivity index (χ1v) is 12.0. The average Bonchev–Trinajstić information content (AvgIpc) is 2.47. The van der Waals surface area contributed by atoms with Gasteiger partial charge in [-0.15, -0.1) is 0 Å². The van der Waals surface area contributed by atoms with Gasteiger partial charge >= 0.3 is 0 Å². The Morgan fingerprint density at radius 3 is 2.27 bits per heavy atom. The smallest absolute Gasteiger partial charge is 0.0799 e. The van der Waals surface area contributed by atoms with Crippen LogP contribution in [0.15, 0.2) is 36.5 Å². The molecule has 1 nitrogen and oxygen atoms in total. The molecule has 0 aliphatic rings. The van der Waals surface area contributed by atoms with Crippen molar-refractivity contribution in [2.45, 2.75) is 59.2 Å². The summed E-state index contributed by atoms with van der Waals surface area (Å²) in [5, 5.41) is 1.53. The molecule has 0 unspecified atom stereocenters. The van der Waals surface area contributed by atoms with Crippen molar-refractivity contribution < 1.29 is 0 Å². The second-order valence-electron chi connectivity index (χ2n) is 7.30. The van der Waals surface area contributed by atoms with Crippen LogP contribution in [0.2, 0.25) is 19.6 Å². The van der Waals surface area contributed by atoms with E-state index < -0.39 is 8.07 Å². The Hall–Kier alpha value is -1.41. The molecule has 0 fully saturated rings. The Labute approximate surface area is 136 Å². The SMILES string of the molecule is CCCCCc1cc(-c2ccc(C)cc2)ncc1[Si](C)(C)C. The zero-order valence-electron chi connectivity index (χ0n) is 14.7. The predicted molar refractivity (Wildman–Crippen MR) is 101 cm³/mol. The summed E-state index contributed by atoms with van der Waals surface area (Å²) in [5.41, 5.74) is 5.17. The number of unbranched alkanes of at least 4 members (excludes halogenated alkanes) is 2. The topological polar surface area (TPSA) is 12.9 Å². The van der Waals surface area contributed by atoms with Gasteiger partial charge in [0.15, 0.2) is 0 Å². The number of hydrogen-bond acceptors (Lipinski definition) is 1. The molecule has 1 heterocycles. The Kier molecular flexibility index (Phi) is 5.57. The second-order valence-corrected chi connectivity index (χ2v) is 12.3. The molecule has 0 N–H and O–H groups in total. The highest BCUT2D eigenvalue weighted by molar-refractivity contribution is 6.89. The molecule has 0 aliphatic carbocycles. The number of rotatable bonds is 6. The van der Waals surface area contributed by atoms with Crippen molar-refractivity contribution in [3.63, 3.8) is 0 Å². The molecule has 0 amide bonds. The van der Waals surface area contributed by atoms with Gasteiger partial charge in [-0.3, -0.25) is 4.98 Å². The summed E-state index contributed by atoms with van der Waals surface area (Å²) < 4.78 is 0. The molecule has 1 aromatic carbocycles. The van der Waals surface area contributed by atoms with E-state index >= 15 is 0 Å². The summed E-state index contributed by atoms with van der Waals surface area (Å²) >= 11 is 0. The lowest BCUT2D eigenvalue weighted by atomic mass is 10.0. The van der Waals surface area contributed by atoms with E-state index in [9.17, 15) is 0 Å². The molecule has 0 aliphatic heterocycles. The van der Waals surface area contributed by atoms with Crippen LogP contribution in [-0.2, 0) is 6.42 Å². The lowest BCUT2D eigenvalue weighted by Crippen LogP contribution is -2.40. The lowest BCUT2D eigenvalue weighted by molar-refractivity contribution is 0.718. The molecule has 1 aromatic heterocycles. The van der Waals surface area contributed by atoms with Gasteiger partial charge in [0.2, 0.25) is 0 Å². The highest BCUT2D eigenvalue weighted by Gasteiger charge is 2.21. The number of pyridine rings is 1. The molecule has 2 heteroatoms. The molecular formula is C20H29NSi. The van der Waals surface area contributed by atoms with Crippen LogP contribution in [0.1, 0.15) is 37.3 Å². The van der Waals surface area contributed by atoms with Crippen LogP contribution in [0.5, 0.6) is 0 Å². The molecular weight excluding hydrogens is 282 g/mol. The number of aromatic nitrogens is 1. The number of hydrogen-bond donors (Lipinski definition) is 0. The second kappa shape index (κ2) is 7.23. The Morgan fingerprint density at radius 1 is 1.00 bits per heavy atom. The van der Waals surface area contributed by atoms with Gasteiger partial charge in [0.05, 0.1) is 13.8 Å². The number of benzene rings is 1. The van der Waals surface area contributed by atoms with Gasteiger partial charge in [0.25, 0.3) is 0 Å². The van der Waals surface area contributed by atoms with Crippen molar-refractivity contribution in [1.29, 1.82) is 0 Å². The van der Waals surface area contributed by atoms with Gasteiger partial charge in [-0.05, 0) is 36.6 Å². The fraction of sp³-hybridized carbons (Fsp3) is 0.450. The van der Waals surface area contributed by atoms with E-state index in [1.165, 1.54) is 47.6 Å². The lowest BCUT2D eigenvalue weighted by Gasteiger charge is -2.21. The van der Waals surface area contributed by atoms with Crippen LogP contribution in [0.4, 0.5) is 0 Å². The Morgan fingerprint density at radius 2 is 1.68 bits per heavy atom. The number of nitrogens with zero attached hydrogens (tertiary/aromatic N) is 1. The molecule has 0 bridgehead atoms. The summed E-state index contributed by atoms with van der Waals surface area (Å²) in [6, 6.07) is 11.0. The van der Waals surface area contributed by atoms with Crippen molar-refractivity contribution >= 4 is 13.3 Å². The van der Waals surface area contributed by atoms with Crippen molar-refractivity contribution in [3.8, 4) is 11.3 Å². The maximum Gasteiger partial charge on any atom is 0.0799 e. The normalized spacial score (nSPS) is 11.7. The molecule has 2 rings (SSSR count). The van der Waals surface area contributed by atoms with Crippen molar-refractivity contribution in [3.05, 3.63) is 47.7 Å². The van der Waals surface area contributed by atoms with E-state index in [0.717, 1.165) is 5.69 Å². The molecule has 0 saturated carbocycles. The quantitative estimate of drug-likeness (QED) is 0.518. The molecule has 0 atom stereocenters. The van der Waals surface area contributed by atoms with Gasteiger partial charge in [-0.2, -0.15) is 0 Å². The van der Waals surface area contributed by atoms with Crippen molar-refractivity contribution in [2.75, 3.05) is 0 Å². The van der Waals surface area contributed by atoms with E-state index in [2.05, 4.69) is 70.0 Å². The fourth-order valence-corrected chi connectivity index (χ4v) is 4.44. The predicted octanol–water partition coefficient (Wildman–Crippen LogP) is 5.33. The minimum Gasteiger partial charge on any atom is -0.256 e. The number of aryl methyl sites for hydroxylation is 2. The van der Waals surface area contributed by atoms with Crippen LogP contribution in [0.3, 0.4) is 0 Å². The minimum absolute atomic E-state index is 1.12. The zero-order chi connectivity index (χ0) is 16.2. The van der Waals surface area contributed by atoms with Crippen LogP contribution < -0.4 is 5.19 Å². The largest absolute Gasteiger partial charge is 0.256 e. The average molecular weight is 312 g/mol. The van der Waals surface area contributed by atoms with Crippen LogP contribution in [0, 0.1) is 6.92 Å². The van der Waals surface area contributed by atoms with Crippen molar-refractivity contribution in [1.82, 2.24) is 4.98 Å². The van der Waals surface area contributed by atoms with Crippen LogP contribution in [-0.4, -0.2) is 13.1 Å². The summed E-state index contributed by atoms with van der Waals surface area (Å²) in [4.78, 5) is 4.77. The maximum absolute atomic E-state index is 4.77. The van der Waals surface area contributed by atoms with Crippen LogP contribution in [0.25, 0.3) is 11.3 Å². The standard InChI is InChI=1S/C20H29NSi/c1-6-7-8-9-18-14-19(17-12-10-16(2)11-13-17)21-15-20(18)22(3,4)5/h10-15H,6-9H2,1-5H3. The molecule has 22 heavy (non-hydrogen) atoms. The summed E-state index contributed by atoms with van der Waals surface area (Å²) in [6.45, 7) is 11.6. The summed E-state index contributed by atoms with van der Waals surface area (Å²) in [7, 11) is -1.33. The molecule has 0 saturated heterocycles. The fourth-order valence-electron chi connectivity index (χ4n) is 2.83. The highest BCUT2D eigenvalue weighted by Crippen LogP contribution is 2.20. The molecule has 118 valence electrons. The van der Waals surface area contributed by atoms with E-state index in [1.807, 2.05) is 0 Å². The zero-order valence-corrected chi connectivity index (χ0v) is 15.7. The summed E-state index contributed by atoms with van der Waals surface area (Å²) in [5.74, 6) is 0. The first-order valence-electron chi connectivity index (χ1n) is 8.48. The summed E-state index contributed by atoms with van der Waals surface area (Å²) in [6.07, 6.45) is 7.22. The Balaban J connectivity index is 2.37. The first kappa shape index (κ1) is 16.9. The Bertz CT molecular complexity index is 609. The van der Waals surface area contributed by atoms with E-state index in [4.69, 9.17) is 4.98 Å². The third-order valence-corrected chi connectivity index (χ3v) is 6.26. The van der Waals surface area contributed by atoms with E-state index in [0.29, 0.717) is 0 Å². The third-order valence-electron chi connectivity index (χ3n) is 4.19. The van der Waals surface area contributed by atoms with Gasteiger partial charge < -0.3 is 0 Å². The van der Waals surface area contributed by atoms with E-state index in [-0.39, 0.29) is 0 Å². The molecule has 2 aromatic rings. The van der Waals surface area contributed by atoms with Crippen molar-refractivity contribution in [2.24, 2.45) is 0 Å². The van der Waals surface area contributed by atoms with Gasteiger partial charge in [-0.1, -0.05) is 69.2 Å². The highest BCUT2D eigenvalue weighted by atomic mass is 28.3.